The molecule has 0 aliphatic heterocycles. The Bertz CT molecular complexity index is 271. The lowest BCUT2D eigenvalue weighted by Crippen LogP contribution is -1.90. The zero-order chi connectivity index (χ0) is 9.68. The van der Waals surface area contributed by atoms with E-state index in [0.717, 1.165) is 12.8 Å². The van der Waals surface area contributed by atoms with Crippen LogP contribution in [-0.4, -0.2) is 0 Å². The number of aryl methyl sites for hydroxylation is 1. The molecule has 0 saturated carbocycles. The van der Waals surface area contributed by atoms with Crippen LogP contribution in [0.5, 0.6) is 0 Å². The molecule has 0 heterocycles. The lowest BCUT2D eigenvalue weighted by atomic mass is 9.99. The van der Waals surface area contributed by atoms with Crippen LogP contribution in [0, 0.1) is 0 Å². The highest BCUT2D eigenvalue weighted by molar-refractivity contribution is 5.25. The highest BCUT2D eigenvalue weighted by Gasteiger charge is 1.99. The Morgan fingerprint density at radius 1 is 1.38 bits per heavy atom. The summed E-state index contributed by atoms with van der Waals surface area (Å²) >= 11 is 0. The standard InChI is InChI=1S/C13H18/c1-4-5-7-12-8-6-9-13(10-12)11(2)3/h4,6,8-11H,1,5,7H2,2-3H3. The fourth-order valence-electron chi connectivity index (χ4n) is 1.38. The van der Waals surface area contributed by atoms with Crippen molar-refractivity contribution in [3.8, 4) is 0 Å². The highest BCUT2D eigenvalue weighted by atomic mass is 14.0. The maximum absolute atomic E-state index is 3.73. The topological polar surface area (TPSA) is 0 Å². The number of hydrogen-bond donors (Lipinski definition) is 0. The maximum atomic E-state index is 3.73. The predicted molar refractivity (Wildman–Crippen MR) is 59.0 cm³/mol. The quantitative estimate of drug-likeness (QED) is 0.607. The molecule has 0 unspecified atom stereocenters. The van der Waals surface area contributed by atoms with Gasteiger partial charge in [-0.3, -0.25) is 0 Å². The van der Waals surface area contributed by atoms with Gasteiger partial charge in [-0.05, 0) is 29.9 Å². The molecular formula is C13H18. The van der Waals surface area contributed by atoms with Crippen molar-refractivity contribution in [2.45, 2.75) is 32.6 Å². The molecule has 70 valence electrons. The fraction of sp³-hybridized carbons (Fsp3) is 0.385. The average Bonchev–Trinajstić information content (AvgIpc) is 2.15. The first-order valence-corrected chi connectivity index (χ1v) is 4.93. The third-order valence-electron chi connectivity index (χ3n) is 2.25. The van der Waals surface area contributed by atoms with E-state index < -0.39 is 0 Å². The van der Waals surface area contributed by atoms with Crippen LogP contribution < -0.4 is 0 Å². The van der Waals surface area contributed by atoms with Gasteiger partial charge in [0.25, 0.3) is 0 Å². The Kier molecular flexibility index (Phi) is 3.75. The third-order valence-corrected chi connectivity index (χ3v) is 2.25. The summed E-state index contributed by atoms with van der Waals surface area (Å²) in [7, 11) is 0. The van der Waals surface area contributed by atoms with Gasteiger partial charge in [-0.1, -0.05) is 44.2 Å². The Hall–Kier alpha value is -1.04. The monoisotopic (exact) mass is 174 g/mol. The van der Waals surface area contributed by atoms with Crippen LogP contribution in [0.15, 0.2) is 36.9 Å². The number of benzene rings is 1. The minimum absolute atomic E-state index is 0.628. The van der Waals surface area contributed by atoms with E-state index in [1.165, 1.54) is 11.1 Å². The molecule has 0 fully saturated rings. The van der Waals surface area contributed by atoms with Crippen molar-refractivity contribution in [2.24, 2.45) is 0 Å². The zero-order valence-electron chi connectivity index (χ0n) is 8.59. The SMILES string of the molecule is C=CCCc1cccc(C(C)C)c1. The zero-order valence-corrected chi connectivity index (χ0v) is 8.59. The van der Waals surface area contributed by atoms with Crippen LogP contribution in [0.1, 0.15) is 37.3 Å². The number of hydrogen-bond acceptors (Lipinski definition) is 0. The van der Waals surface area contributed by atoms with Crippen LogP contribution in [0.2, 0.25) is 0 Å². The second-order valence-electron chi connectivity index (χ2n) is 3.73. The summed E-state index contributed by atoms with van der Waals surface area (Å²) in [5.41, 5.74) is 2.85. The van der Waals surface area contributed by atoms with E-state index in [4.69, 9.17) is 0 Å². The molecule has 0 atom stereocenters. The largest absolute Gasteiger partial charge is 0.103 e. The van der Waals surface area contributed by atoms with Crippen LogP contribution >= 0.6 is 0 Å². The first kappa shape index (κ1) is 10.0. The molecule has 0 bridgehead atoms. The number of rotatable bonds is 4. The van der Waals surface area contributed by atoms with E-state index in [9.17, 15) is 0 Å². The van der Waals surface area contributed by atoms with Gasteiger partial charge in [-0.25, -0.2) is 0 Å². The maximum Gasteiger partial charge on any atom is -0.0219 e. The van der Waals surface area contributed by atoms with Gasteiger partial charge in [0, 0.05) is 0 Å². The first-order valence-electron chi connectivity index (χ1n) is 4.93. The molecule has 13 heavy (non-hydrogen) atoms. The Balaban J connectivity index is 2.73. The van der Waals surface area contributed by atoms with Gasteiger partial charge in [-0.15, -0.1) is 6.58 Å². The highest BCUT2D eigenvalue weighted by Crippen LogP contribution is 2.16. The van der Waals surface area contributed by atoms with E-state index >= 15 is 0 Å². The van der Waals surface area contributed by atoms with E-state index in [1.807, 2.05) is 6.08 Å². The van der Waals surface area contributed by atoms with Crippen molar-refractivity contribution in [1.82, 2.24) is 0 Å². The normalized spacial score (nSPS) is 10.4. The molecule has 0 spiro atoms. The minimum atomic E-state index is 0.628. The Morgan fingerprint density at radius 2 is 2.15 bits per heavy atom. The second-order valence-corrected chi connectivity index (χ2v) is 3.73. The lowest BCUT2D eigenvalue weighted by molar-refractivity contribution is 0.860. The molecule has 0 radical (unpaired) electrons. The molecule has 0 heteroatoms. The van der Waals surface area contributed by atoms with Crippen LogP contribution in [0.3, 0.4) is 0 Å². The molecule has 1 rings (SSSR count). The van der Waals surface area contributed by atoms with Crippen molar-refractivity contribution in [3.63, 3.8) is 0 Å². The summed E-state index contributed by atoms with van der Waals surface area (Å²) in [6.45, 7) is 8.19. The van der Waals surface area contributed by atoms with E-state index in [2.05, 4.69) is 44.7 Å². The third kappa shape index (κ3) is 3.06. The van der Waals surface area contributed by atoms with Gasteiger partial charge >= 0.3 is 0 Å². The summed E-state index contributed by atoms with van der Waals surface area (Å²) in [6, 6.07) is 8.83. The van der Waals surface area contributed by atoms with Crippen LogP contribution in [0.25, 0.3) is 0 Å². The first-order chi connectivity index (χ1) is 6.24. The summed E-state index contributed by atoms with van der Waals surface area (Å²) in [4.78, 5) is 0. The molecule has 0 aromatic heterocycles. The second kappa shape index (κ2) is 4.86. The molecule has 1 aromatic carbocycles. The van der Waals surface area contributed by atoms with Crippen molar-refractivity contribution in [1.29, 1.82) is 0 Å². The van der Waals surface area contributed by atoms with Gasteiger partial charge in [0.1, 0.15) is 0 Å². The summed E-state index contributed by atoms with van der Waals surface area (Å²) in [6.07, 6.45) is 4.16. The Labute approximate surface area is 81.3 Å². The molecular weight excluding hydrogens is 156 g/mol. The van der Waals surface area contributed by atoms with E-state index in [0.29, 0.717) is 5.92 Å². The molecule has 0 nitrogen and oxygen atoms in total. The van der Waals surface area contributed by atoms with Gasteiger partial charge in [0.2, 0.25) is 0 Å². The van der Waals surface area contributed by atoms with Crippen molar-refractivity contribution >= 4 is 0 Å². The Morgan fingerprint density at radius 3 is 2.77 bits per heavy atom. The molecule has 0 aliphatic rings. The molecule has 0 saturated heterocycles. The van der Waals surface area contributed by atoms with E-state index in [-0.39, 0.29) is 0 Å². The molecule has 1 aromatic rings. The smallest absolute Gasteiger partial charge is 0.0219 e. The van der Waals surface area contributed by atoms with Crippen molar-refractivity contribution in [2.75, 3.05) is 0 Å². The van der Waals surface area contributed by atoms with Gasteiger partial charge in [0.15, 0.2) is 0 Å². The molecule has 0 N–H and O–H groups in total. The van der Waals surface area contributed by atoms with E-state index in [1.54, 1.807) is 0 Å². The predicted octanol–water partition coefficient (Wildman–Crippen LogP) is 3.93. The van der Waals surface area contributed by atoms with Crippen molar-refractivity contribution in [3.05, 3.63) is 48.0 Å². The molecule has 0 aliphatic carbocycles. The molecule has 0 amide bonds. The fourth-order valence-corrected chi connectivity index (χ4v) is 1.38. The summed E-state index contributed by atoms with van der Waals surface area (Å²) in [5.74, 6) is 0.628. The lowest BCUT2D eigenvalue weighted by Gasteiger charge is -2.06. The van der Waals surface area contributed by atoms with Crippen LogP contribution in [0.4, 0.5) is 0 Å². The summed E-state index contributed by atoms with van der Waals surface area (Å²) in [5, 5.41) is 0. The van der Waals surface area contributed by atoms with Gasteiger partial charge in [-0.2, -0.15) is 0 Å². The average molecular weight is 174 g/mol. The van der Waals surface area contributed by atoms with Crippen molar-refractivity contribution < 1.29 is 0 Å². The van der Waals surface area contributed by atoms with Crippen LogP contribution in [-0.2, 0) is 6.42 Å². The van der Waals surface area contributed by atoms with Gasteiger partial charge < -0.3 is 0 Å². The minimum Gasteiger partial charge on any atom is -0.103 e. The summed E-state index contributed by atoms with van der Waals surface area (Å²) < 4.78 is 0. The van der Waals surface area contributed by atoms with Gasteiger partial charge in [0.05, 0.1) is 0 Å². The number of allylic oxidation sites excluding steroid dienone is 1.